The van der Waals surface area contributed by atoms with Crippen LogP contribution in [0.15, 0.2) is 21.6 Å². The van der Waals surface area contributed by atoms with Crippen molar-refractivity contribution in [3.05, 3.63) is 34.6 Å². The van der Waals surface area contributed by atoms with E-state index in [1.165, 1.54) is 48.3 Å². The molecule has 2 aliphatic carbocycles. The third-order valence-corrected chi connectivity index (χ3v) is 4.71. The number of fused-ring (bicyclic) bond motifs is 1. The zero-order valence-electron chi connectivity index (χ0n) is 14.0. The third kappa shape index (κ3) is 3.00. The maximum Gasteiger partial charge on any atom is 0.373 e. The number of aryl methyl sites for hydroxylation is 1. The van der Waals surface area contributed by atoms with Gasteiger partial charge in [-0.2, -0.15) is 4.57 Å². The summed E-state index contributed by atoms with van der Waals surface area (Å²) in [5.74, 6) is 2.28. The van der Waals surface area contributed by atoms with E-state index >= 15 is 0 Å². The molecule has 0 fully saturated rings. The average Bonchev–Trinajstić information content (AvgIpc) is 2.73. The first-order chi connectivity index (χ1) is 9.98. The zero-order chi connectivity index (χ0) is 15.0. The molecule has 3 rings (SSSR count). The van der Waals surface area contributed by atoms with Gasteiger partial charge in [-0.3, -0.25) is 0 Å². The lowest BCUT2D eigenvalue weighted by Gasteiger charge is -2.29. The van der Waals surface area contributed by atoms with E-state index in [0.29, 0.717) is 5.41 Å². The summed E-state index contributed by atoms with van der Waals surface area (Å²) >= 11 is 0. The van der Waals surface area contributed by atoms with E-state index in [1.54, 1.807) is 0 Å². The van der Waals surface area contributed by atoms with Gasteiger partial charge in [-0.15, -0.1) is 0 Å². The predicted molar refractivity (Wildman–Crippen MR) is 86.0 cm³/mol. The van der Waals surface area contributed by atoms with Crippen LogP contribution in [0.1, 0.15) is 70.7 Å². The summed E-state index contributed by atoms with van der Waals surface area (Å²) in [5, 5.41) is 0. The Kier molecular flexibility index (Phi) is 3.81. The van der Waals surface area contributed by atoms with Crippen molar-refractivity contribution in [3.63, 3.8) is 0 Å². The fourth-order valence-corrected chi connectivity index (χ4v) is 4.07. The Morgan fingerprint density at radius 2 is 2.00 bits per heavy atom. The molecule has 1 aromatic heterocycles. The minimum Gasteiger partial charge on any atom is -0.403 e. The van der Waals surface area contributed by atoms with Crippen LogP contribution in [0.5, 0.6) is 0 Å². The van der Waals surface area contributed by atoms with Crippen LogP contribution in [-0.2, 0) is 19.4 Å². The molecule has 0 bridgehead atoms. The van der Waals surface area contributed by atoms with Gasteiger partial charge in [0.25, 0.3) is 0 Å². The van der Waals surface area contributed by atoms with Crippen LogP contribution >= 0.6 is 0 Å². The molecule has 2 nitrogen and oxygen atoms in total. The van der Waals surface area contributed by atoms with E-state index in [1.807, 2.05) is 0 Å². The molecule has 0 aliphatic heterocycles. The van der Waals surface area contributed by atoms with Gasteiger partial charge >= 0.3 is 5.89 Å². The van der Waals surface area contributed by atoms with Crippen LogP contribution < -0.4 is 4.57 Å². The second-order valence-electron chi connectivity index (χ2n) is 7.49. The first-order valence-corrected chi connectivity index (χ1v) is 8.40. The molecular formula is C19H28NO+. The van der Waals surface area contributed by atoms with Gasteiger partial charge in [-0.1, -0.05) is 25.5 Å². The van der Waals surface area contributed by atoms with Gasteiger partial charge in [0.15, 0.2) is 5.76 Å². The molecule has 0 N–H and O–H groups in total. The normalized spacial score (nSPS) is 23.0. The van der Waals surface area contributed by atoms with Crippen molar-refractivity contribution in [2.75, 3.05) is 0 Å². The molecule has 0 atom stereocenters. The molecule has 0 spiro atoms. The fourth-order valence-electron chi connectivity index (χ4n) is 4.07. The molecule has 0 amide bonds. The number of allylic oxidation sites excluding steroid dienone is 3. The van der Waals surface area contributed by atoms with E-state index in [0.717, 1.165) is 25.3 Å². The first-order valence-electron chi connectivity index (χ1n) is 8.40. The third-order valence-electron chi connectivity index (χ3n) is 4.71. The summed E-state index contributed by atoms with van der Waals surface area (Å²) in [4.78, 5) is 0. The average molecular weight is 286 g/mol. The van der Waals surface area contributed by atoms with Crippen LogP contribution in [0.25, 0.3) is 6.08 Å². The van der Waals surface area contributed by atoms with Crippen LogP contribution in [0.4, 0.5) is 0 Å². The molecule has 1 aromatic rings. The first kappa shape index (κ1) is 14.6. The van der Waals surface area contributed by atoms with Crippen molar-refractivity contribution in [1.29, 1.82) is 0 Å². The minimum atomic E-state index is 0.369. The molecule has 2 aliphatic rings. The molecule has 0 saturated heterocycles. The van der Waals surface area contributed by atoms with Gasteiger partial charge in [-0.25, -0.2) is 0 Å². The Hall–Kier alpha value is -1.31. The number of nitrogens with zero attached hydrogens (tertiary/aromatic N) is 1. The highest BCUT2D eigenvalue weighted by Crippen LogP contribution is 2.38. The molecule has 114 valence electrons. The minimum absolute atomic E-state index is 0.369. The largest absolute Gasteiger partial charge is 0.403 e. The smallest absolute Gasteiger partial charge is 0.373 e. The Labute approximate surface area is 128 Å². The Morgan fingerprint density at radius 3 is 2.71 bits per heavy atom. The van der Waals surface area contributed by atoms with Crippen molar-refractivity contribution in [2.24, 2.45) is 5.41 Å². The molecule has 0 unspecified atom stereocenters. The monoisotopic (exact) mass is 286 g/mol. The molecule has 2 heteroatoms. The Balaban J connectivity index is 1.99. The number of rotatable bonds is 2. The van der Waals surface area contributed by atoms with Crippen molar-refractivity contribution >= 4 is 6.08 Å². The summed E-state index contributed by atoms with van der Waals surface area (Å²) in [6, 6.07) is 0. The summed E-state index contributed by atoms with van der Waals surface area (Å²) in [6.07, 6.45) is 11.8. The predicted octanol–water partition coefficient (Wildman–Crippen LogP) is 4.62. The van der Waals surface area contributed by atoms with Crippen molar-refractivity contribution in [3.8, 4) is 0 Å². The highest BCUT2D eigenvalue weighted by molar-refractivity contribution is 5.49. The fraction of sp³-hybridized carbons (Fsp3) is 0.632. The summed E-state index contributed by atoms with van der Waals surface area (Å²) in [6.45, 7) is 10.2. The molecule has 0 saturated carbocycles. The van der Waals surface area contributed by atoms with Crippen LogP contribution in [-0.4, -0.2) is 0 Å². The summed E-state index contributed by atoms with van der Waals surface area (Å²) < 4.78 is 8.57. The topological polar surface area (TPSA) is 17.0 Å². The van der Waals surface area contributed by atoms with Crippen LogP contribution in [0, 0.1) is 5.41 Å². The van der Waals surface area contributed by atoms with Gasteiger partial charge in [-0.05, 0) is 50.5 Å². The number of oxazole rings is 1. The lowest BCUT2D eigenvalue weighted by atomic mass is 9.75. The molecule has 1 heterocycles. The van der Waals surface area contributed by atoms with E-state index < -0.39 is 0 Å². The zero-order valence-corrected chi connectivity index (χ0v) is 14.0. The number of hydrogen-bond donors (Lipinski definition) is 0. The van der Waals surface area contributed by atoms with Gasteiger partial charge in [0.05, 0.1) is 6.08 Å². The van der Waals surface area contributed by atoms with E-state index in [-0.39, 0.29) is 0 Å². The summed E-state index contributed by atoms with van der Waals surface area (Å²) in [5.41, 5.74) is 4.70. The lowest BCUT2D eigenvalue weighted by molar-refractivity contribution is -0.705. The molecule has 0 radical (unpaired) electrons. The van der Waals surface area contributed by atoms with Gasteiger partial charge in [0.2, 0.25) is 5.69 Å². The van der Waals surface area contributed by atoms with Crippen molar-refractivity contribution < 1.29 is 8.98 Å². The van der Waals surface area contributed by atoms with Crippen LogP contribution in [0.3, 0.4) is 0 Å². The molecular weight excluding hydrogens is 258 g/mol. The Morgan fingerprint density at radius 1 is 1.24 bits per heavy atom. The SMILES string of the molecule is CC[n+]1c(/C=C2\C=C(C)CC(C)(C)C2)oc2c1CCCC2. The highest BCUT2D eigenvalue weighted by Gasteiger charge is 2.30. The number of hydrogen-bond acceptors (Lipinski definition) is 1. The van der Waals surface area contributed by atoms with Gasteiger partial charge in [0, 0.05) is 12.8 Å². The lowest BCUT2D eigenvalue weighted by Crippen LogP contribution is -2.38. The second kappa shape index (κ2) is 5.47. The van der Waals surface area contributed by atoms with E-state index in [4.69, 9.17) is 4.42 Å². The maximum atomic E-state index is 6.19. The van der Waals surface area contributed by atoms with Crippen molar-refractivity contribution in [2.45, 2.75) is 72.8 Å². The van der Waals surface area contributed by atoms with E-state index in [2.05, 4.69) is 44.4 Å². The van der Waals surface area contributed by atoms with Gasteiger partial charge < -0.3 is 4.42 Å². The molecule has 21 heavy (non-hydrogen) atoms. The Bertz CT molecular complexity index is 601. The highest BCUT2D eigenvalue weighted by atomic mass is 16.4. The molecule has 0 aromatic carbocycles. The van der Waals surface area contributed by atoms with Gasteiger partial charge in [0.1, 0.15) is 6.54 Å². The standard InChI is InChI=1S/C19H28NO/c1-5-20-16-8-6-7-9-17(16)21-18(20)11-15-10-14(2)12-19(3,4)13-15/h10-11H,5-9,12-13H2,1-4H3/q+1/b15-11+. The quantitative estimate of drug-likeness (QED) is 0.725. The van der Waals surface area contributed by atoms with Crippen molar-refractivity contribution in [1.82, 2.24) is 0 Å². The maximum absolute atomic E-state index is 6.19. The van der Waals surface area contributed by atoms with Crippen LogP contribution in [0.2, 0.25) is 0 Å². The summed E-state index contributed by atoms with van der Waals surface area (Å²) in [7, 11) is 0. The second-order valence-corrected chi connectivity index (χ2v) is 7.49. The number of aromatic nitrogens is 1. The van der Waals surface area contributed by atoms with E-state index in [9.17, 15) is 0 Å².